The first kappa shape index (κ1) is 27.4. The SMILES string of the molecule is Cc1ncc(S(=O)(=O)N2CC(=O)N(c3cc(C#CC(C)(C)C)sc3C(=O)O)[C@H](C3CCCCC3)C2)n1C. The van der Waals surface area contributed by atoms with Crippen LogP contribution in [0.5, 0.6) is 0 Å². The molecule has 2 fully saturated rings. The van der Waals surface area contributed by atoms with Gasteiger partial charge in [-0.25, -0.2) is 18.2 Å². The first-order chi connectivity index (χ1) is 17.3. The minimum absolute atomic E-state index is 0.0372. The van der Waals surface area contributed by atoms with Crippen LogP contribution in [-0.2, 0) is 21.9 Å². The van der Waals surface area contributed by atoms with Gasteiger partial charge in [-0.3, -0.25) is 4.79 Å². The van der Waals surface area contributed by atoms with E-state index in [2.05, 4.69) is 16.8 Å². The molecule has 1 atom stereocenters. The standard InChI is InChI=1S/C26H34N4O5S2/c1-17-27-14-23(28(17)5)37(34,35)29-15-21(18-9-7-6-8-10-18)30(22(31)16-29)20-13-19(11-12-26(2,3)4)36-24(20)25(32)33/h13-14,18,21H,6-10,15-16H2,1-5H3,(H,32,33)/t21-/m0/s1. The smallest absolute Gasteiger partial charge is 0.348 e. The van der Waals surface area contributed by atoms with Crippen LogP contribution in [-0.4, -0.2) is 58.4 Å². The van der Waals surface area contributed by atoms with Crippen LogP contribution in [0.25, 0.3) is 0 Å². The van der Waals surface area contributed by atoms with E-state index in [1.165, 1.54) is 15.1 Å². The molecule has 1 N–H and O–H groups in total. The number of aromatic carboxylic acids is 1. The average Bonchev–Trinajstić information content (AvgIpc) is 3.41. The van der Waals surface area contributed by atoms with Gasteiger partial charge in [0.25, 0.3) is 10.0 Å². The van der Waals surface area contributed by atoms with Gasteiger partial charge in [-0.2, -0.15) is 4.31 Å². The molecule has 0 bridgehead atoms. The number of piperazine rings is 1. The minimum atomic E-state index is -3.98. The number of carbonyl (C=O) groups excluding carboxylic acids is 1. The van der Waals surface area contributed by atoms with Crippen molar-refractivity contribution in [2.75, 3.05) is 18.0 Å². The highest BCUT2D eigenvalue weighted by Crippen LogP contribution is 2.39. The molecule has 1 aliphatic heterocycles. The van der Waals surface area contributed by atoms with Crippen LogP contribution in [0.3, 0.4) is 0 Å². The lowest BCUT2D eigenvalue weighted by atomic mass is 9.82. The van der Waals surface area contributed by atoms with Crippen molar-refractivity contribution in [1.29, 1.82) is 0 Å². The molecule has 11 heteroatoms. The number of hydrogen-bond acceptors (Lipinski definition) is 6. The van der Waals surface area contributed by atoms with Crippen molar-refractivity contribution in [2.45, 2.75) is 70.9 Å². The predicted molar refractivity (Wildman–Crippen MR) is 142 cm³/mol. The fourth-order valence-electron chi connectivity index (χ4n) is 5.02. The van der Waals surface area contributed by atoms with Crippen LogP contribution in [0, 0.1) is 30.1 Å². The zero-order valence-corrected chi connectivity index (χ0v) is 23.6. The quantitative estimate of drug-likeness (QED) is 0.570. The Hall–Kier alpha value is -2.68. The van der Waals surface area contributed by atoms with Gasteiger partial charge in [0.15, 0.2) is 5.03 Å². The molecule has 2 aliphatic rings. The van der Waals surface area contributed by atoms with E-state index in [9.17, 15) is 23.1 Å². The number of aryl methyl sites for hydroxylation is 1. The lowest BCUT2D eigenvalue weighted by Gasteiger charge is -2.44. The molecule has 2 aromatic heterocycles. The summed E-state index contributed by atoms with van der Waals surface area (Å²) in [5.41, 5.74) is 0.0442. The molecular formula is C26H34N4O5S2. The third kappa shape index (κ3) is 5.61. The third-order valence-electron chi connectivity index (χ3n) is 7.01. The van der Waals surface area contributed by atoms with E-state index in [0.717, 1.165) is 43.4 Å². The normalized spacial score (nSPS) is 20.1. The maximum atomic E-state index is 13.7. The highest BCUT2D eigenvalue weighted by atomic mass is 32.2. The molecule has 37 heavy (non-hydrogen) atoms. The summed E-state index contributed by atoms with van der Waals surface area (Å²) in [6, 6.07) is 1.21. The minimum Gasteiger partial charge on any atom is -0.477 e. The zero-order valence-electron chi connectivity index (χ0n) is 21.9. The summed E-state index contributed by atoms with van der Waals surface area (Å²) in [5, 5.41) is 10.0. The Bertz CT molecular complexity index is 1370. The number of imidazole rings is 1. The third-order valence-corrected chi connectivity index (χ3v) is 9.90. The Labute approximate surface area is 222 Å². The van der Waals surface area contributed by atoms with Crippen molar-refractivity contribution in [3.05, 3.63) is 27.8 Å². The van der Waals surface area contributed by atoms with Gasteiger partial charge in [0.05, 0.1) is 29.3 Å². The second kappa shape index (κ2) is 10.2. The van der Waals surface area contributed by atoms with Crippen LogP contribution < -0.4 is 4.90 Å². The lowest BCUT2D eigenvalue weighted by Crippen LogP contribution is -2.60. The molecule has 200 valence electrons. The van der Waals surface area contributed by atoms with Crippen molar-refractivity contribution in [2.24, 2.45) is 18.4 Å². The van der Waals surface area contributed by atoms with Gasteiger partial charge in [0, 0.05) is 19.0 Å². The number of carboxylic acids is 1. The summed E-state index contributed by atoms with van der Waals surface area (Å²) in [6.07, 6.45) is 6.12. The Balaban J connectivity index is 1.77. The van der Waals surface area contributed by atoms with Crippen LogP contribution >= 0.6 is 11.3 Å². The van der Waals surface area contributed by atoms with Gasteiger partial charge >= 0.3 is 5.97 Å². The number of nitrogens with zero attached hydrogens (tertiary/aromatic N) is 4. The van der Waals surface area contributed by atoms with Gasteiger partial charge in [0.2, 0.25) is 5.91 Å². The molecule has 0 aromatic carbocycles. The van der Waals surface area contributed by atoms with Gasteiger partial charge in [-0.15, -0.1) is 11.3 Å². The molecular weight excluding hydrogens is 512 g/mol. The highest BCUT2D eigenvalue weighted by molar-refractivity contribution is 7.89. The number of aromatic nitrogens is 2. The number of anilines is 1. The Morgan fingerprint density at radius 3 is 2.46 bits per heavy atom. The number of amides is 1. The fourth-order valence-corrected chi connectivity index (χ4v) is 7.42. The van der Waals surface area contributed by atoms with Crippen molar-refractivity contribution >= 4 is 38.9 Å². The van der Waals surface area contributed by atoms with E-state index in [-0.39, 0.29) is 34.3 Å². The number of thiophene rings is 1. The molecule has 1 aliphatic carbocycles. The summed E-state index contributed by atoms with van der Waals surface area (Å²) in [5.74, 6) is 5.25. The number of carboxylic acid groups (broad SMARTS) is 1. The van der Waals surface area contributed by atoms with Crippen molar-refractivity contribution in [3.63, 3.8) is 0 Å². The van der Waals surface area contributed by atoms with Crippen LogP contribution in [0.1, 0.15) is 73.2 Å². The Morgan fingerprint density at radius 1 is 1.22 bits per heavy atom. The largest absolute Gasteiger partial charge is 0.477 e. The molecule has 0 radical (unpaired) electrons. The molecule has 1 saturated heterocycles. The second-order valence-electron chi connectivity index (χ2n) is 10.9. The average molecular weight is 547 g/mol. The van der Waals surface area contributed by atoms with Gasteiger partial charge in [-0.1, -0.05) is 31.1 Å². The topological polar surface area (TPSA) is 113 Å². The van der Waals surface area contributed by atoms with Crippen molar-refractivity contribution in [1.82, 2.24) is 13.9 Å². The lowest BCUT2D eigenvalue weighted by molar-refractivity contribution is -0.121. The molecule has 2 aromatic rings. The summed E-state index contributed by atoms with van der Waals surface area (Å²) < 4.78 is 29.9. The number of carbonyl (C=O) groups is 2. The fraction of sp³-hybridized carbons (Fsp3) is 0.577. The highest BCUT2D eigenvalue weighted by Gasteiger charge is 2.44. The zero-order chi connectivity index (χ0) is 27.1. The van der Waals surface area contributed by atoms with Crippen LogP contribution in [0.15, 0.2) is 17.3 Å². The maximum absolute atomic E-state index is 13.7. The summed E-state index contributed by atoms with van der Waals surface area (Å²) >= 11 is 1.05. The first-order valence-corrected chi connectivity index (χ1v) is 14.8. The van der Waals surface area contributed by atoms with E-state index in [1.807, 2.05) is 20.8 Å². The Morgan fingerprint density at radius 2 is 1.89 bits per heavy atom. The number of rotatable bonds is 5. The van der Waals surface area contributed by atoms with Crippen molar-refractivity contribution < 1.29 is 23.1 Å². The summed E-state index contributed by atoms with van der Waals surface area (Å²) in [4.78, 5) is 32.2. The first-order valence-electron chi connectivity index (χ1n) is 12.5. The van der Waals surface area contributed by atoms with E-state index < -0.39 is 27.9 Å². The second-order valence-corrected chi connectivity index (χ2v) is 13.8. The molecule has 9 nitrogen and oxygen atoms in total. The van der Waals surface area contributed by atoms with E-state index >= 15 is 0 Å². The summed E-state index contributed by atoms with van der Waals surface area (Å²) in [7, 11) is -2.34. The van der Waals surface area contributed by atoms with Gasteiger partial charge in [0.1, 0.15) is 10.7 Å². The predicted octanol–water partition coefficient (Wildman–Crippen LogP) is 3.87. The molecule has 1 amide bonds. The number of sulfonamides is 1. The molecule has 4 rings (SSSR count). The molecule has 1 saturated carbocycles. The van der Waals surface area contributed by atoms with E-state index in [0.29, 0.717) is 16.4 Å². The molecule has 0 spiro atoms. The van der Waals surface area contributed by atoms with Crippen LogP contribution in [0.4, 0.5) is 5.69 Å². The maximum Gasteiger partial charge on any atom is 0.348 e. The summed E-state index contributed by atoms with van der Waals surface area (Å²) in [6.45, 7) is 7.36. The molecule has 3 heterocycles. The molecule has 0 unspecified atom stereocenters. The monoisotopic (exact) mass is 546 g/mol. The van der Waals surface area contributed by atoms with Gasteiger partial charge < -0.3 is 14.6 Å². The van der Waals surface area contributed by atoms with Gasteiger partial charge in [-0.05, 0) is 52.5 Å². The number of hydrogen-bond donors (Lipinski definition) is 1. The van der Waals surface area contributed by atoms with E-state index in [4.69, 9.17) is 0 Å². The van der Waals surface area contributed by atoms with E-state index in [1.54, 1.807) is 24.9 Å². The Kier molecular flexibility index (Phi) is 7.57. The van der Waals surface area contributed by atoms with Crippen molar-refractivity contribution in [3.8, 4) is 11.8 Å². The van der Waals surface area contributed by atoms with Crippen LogP contribution in [0.2, 0.25) is 0 Å².